The number of hydrogen-bond donors (Lipinski definition) is 3. The lowest BCUT2D eigenvalue weighted by Gasteiger charge is -2.16. The molecule has 2 amide bonds. The van der Waals surface area contributed by atoms with Gasteiger partial charge >= 0.3 is 6.01 Å². The van der Waals surface area contributed by atoms with Crippen LogP contribution in [0.15, 0.2) is 61.4 Å². The van der Waals surface area contributed by atoms with Gasteiger partial charge in [0.05, 0.1) is 10.3 Å². The molecule has 0 saturated carbocycles. The minimum atomic E-state index is -0.642. The van der Waals surface area contributed by atoms with Gasteiger partial charge in [0.15, 0.2) is 11.6 Å². The lowest BCUT2D eigenvalue weighted by Crippen LogP contribution is -2.18. The number of fused-ring (bicyclic) bond motifs is 1. The molecule has 3 heterocycles. The number of aromatic nitrogens is 3. The third-order valence-corrected chi connectivity index (χ3v) is 8.02. The average molecular weight is 583 g/mol. The van der Waals surface area contributed by atoms with Crippen LogP contribution in [-0.2, 0) is 4.79 Å². The van der Waals surface area contributed by atoms with Gasteiger partial charge < -0.3 is 21.1 Å². The van der Waals surface area contributed by atoms with Crippen LogP contribution in [0.25, 0.3) is 31.7 Å². The van der Waals surface area contributed by atoms with E-state index in [1.165, 1.54) is 49.0 Å². The van der Waals surface area contributed by atoms with Gasteiger partial charge in [0.1, 0.15) is 5.82 Å². The van der Waals surface area contributed by atoms with Crippen molar-refractivity contribution in [1.29, 1.82) is 0 Å². The highest BCUT2D eigenvalue weighted by Crippen LogP contribution is 2.49. The first kappa shape index (κ1) is 28.4. The Hall–Kier alpha value is -5.16. The van der Waals surface area contributed by atoms with E-state index in [4.69, 9.17) is 10.5 Å². The number of benzene rings is 2. The maximum absolute atomic E-state index is 15.6. The van der Waals surface area contributed by atoms with Gasteiger partial charge in [-0.2, -0.15) is 0 Å². The van der Waals surface area contributed by atoms with Gasteiger partial charge in [-0.15, -0.1) is 11.3 Å². The summed E-state index contributed by atoms with van der Waals surface area (Å²) in [5, 5.41) is 6.04. The molecule has 0 spiro atoms. The van der Waals surface area contributed by atoms with Gasteiger partial charge in [0.25, 0.3) is 5.91 Å². The fraction of sp³-hybridized carbons (Fsp3) is 0.129. The van der Waals surface area contributed by atoms with E-state index < -0.39 is 5.82 Å². The zero-order chi connectivity index (χ0) is 30.1. The molecule has 5 rings (SSSR count). The molecule has 5 aromatic rings. The predicted molar refractivity (Wildman–Crippen MR) is 163 cm³/mol. The quantitative estimate of drug-likeness (QED) is 0.191. The Kier molecular flexibility index (Phi) is 7.68. The summed E-state index contributed by atoms with van der Waals surface area (Å²) < 4.78 is 21.8. The standard InChI is InChI=1S/C31H27FN6O3S/c1-6-23(39)38-26-15(2)7-9-19(17(26)4)27-24(25-28(42-27)20(30(40)34-5)14-36-29(25)33)18-8-10-22(21(32)13-18)41-31-35-12-11-16(3)37-31/h6-14H,1H2,2-5H3,(H2,33,36)(H,34,40)(H,38,39). The minimum absolute atomic E-state index is 0.0244. The van der Waals surface area contributed by atoms with Crippen LogP contribution in [0.4, 0.5) is 15.9 Å². The summed E-state index contributed by atoms with van der Waals surface area (Å²) in [6, 6.07) is 10.1. The van der Waals surface area contributed by atoms with Crippen molar-refractivity contribution in [1.82, 2.24) is 20.3 Å². The molecule has 0 radical (unpaired) electrons. The number of aryl methyl sites for hydroxylation is 2. The van der Waals surface area contributed by atoms with Crippen molar-refractivity contribution in [3.8, 4) is 33.3 Å². The lowest BCUT2D eigenvalue weighted by molar-refractivity contribution is -0.111. The zero-order valence-electron chi connectivity index (χ0n) is 23.3. The van der Waals surface area contributed by atoms with Gasteiger partial charge in [0, 0.05) is 46.6 Å². The highest BCUT2D eigenvalue weighted by Gasteiger charge is 2.25. The van der Waals surface area contributed by atoms with Gasteiger partial charge in [-0.3, -0.25) is 9.59 Å². The SMILES string of the molecule is C=CC(=O)Nc1c(C)ccc(-c2sc3c(C(=O)NC)cnc(N)c3c2-c2ccc(Oc3nccc(C)n3)c(F)c2)c1C. The van der Waals surface area contributed by atoms with Gasteiger partial charge in [-0.1, -0.05) is 24.8 Å². The van der Waals surface area contributed by atoms with E-state index in [-0.39, 0.29) is 29.4 Å². The van der Waals surface area contributed by atoms with E-state index >= 15 is 4.39 Å². The molecule has 0 fully saturated rings. The van der Waals surface area contributed by atoms with Crippen LogP contribution in [0.5, 0.6) is 11.8 Å². The first-order chi connectivity index (χ1) is 20.1. The minimum Gasteiger partial charge on any atom is -0.421 e. The lowest BCUT2D eigenvalue weighted by atomic mass is 9.94. The van der Waals surface area contributed by atoms with Crippen molar-refractivity contribution in [3.05, 3.63) is 89.6 Å². The summed E-state index contributed by atoms with van der Waals surface area (Å²) >= 11 is 1.34. The third kappa shape index (κ3) is 5.17. The second-order valence-corrected chi connectivity index (χ2v) is 10.5. The fourth-order valence-electron chi connectivity index (χ4n) is 4.66. The summed E-state index contributed by atoms with van der Waals surface area (Å²) in [5.74, 6) is -1.19. The van der Waals surface area contributed by atoms with Crippen LogP contribution in [-0.4, -0.2) is 33.8 Å². The fourth-order valence-corrected chi connectivity index (χ4v) is 6.08. The monoisotopic (exact) mass is 582 g/mol. The number of ether oxygens (including phenoxy) is 1. The van der Waals surface area contributed by atoms with Crippen molar-refractivity contribution in [2.45, 2.75) is 20.8 Å². The second kappa shape index (κ2) is 11.4. The Balaban J connectivity index is 1.76. The Morgan fingerprint density at radius 1 is 1.12 bits per heavy atom. The van der Waals surface area contributed by atoms with Crippen molar-refractivity contribution in [3.63, 3.8) is 0 Å². The molecule has 0 aliphatic rings. The molecule has 3 aromatic heterocycles. The maximum Gasteiger partial charge on any atom is 0.322 e. The number of rotatable bonds is 7. The highest BCUT2D eigenvalue weighted by molar-refractivity contribution is 7.23. The molecule has 0 bridgehead atoms. The number of thiophene rings is 1. The first-order valence-corrected chi connectivity index (χ1v) is 13.7. The maximum atomic E-state index is 15.6. The first-order valence-electron chi connectivity index (χ1n) is 12.9. The largest absolute Gasteiger partial charge is 0.421 e. The van der Waals surface area contributed by atoms with Crippen LogP contribution in [0.2, 0.25) is 0 Å². The Morgan fingerprint density at radius 2 is 1.90 bits per heavy atom. The van der Waals surface area contributed by atoms with Crippen molar-refractivity contribution in [2.75, 3.05) is 18.1 Å². The van der Waals surface area contributed by atoms with E-state index in [2.05, 4.69) is 32.2 Å². The van der Waals surface area contributed by atoms with Gasteiger partial charge in [0.2, 0.25) is 5.91 Å². The van der Waals surface area contributed by atoms with Crippen molar-refractivity contribution >= 4 is 44.7 Å². The van der Waals surface area contributed by atoms with Crippen molar-refractivity contribution in [2.24, 2.45) is 0 Å². The molecule has 2 aromatic carbocycles. The number of nitrogens with zero attached hydrogens (tertiary/aromatic N) is 3. The number of nitrogens with two attached hydrogens (primary N) is 1. The molecule has 9 nitrogen and oxygen atoms in total. The molecule has 4 N–H and O–H groups in total. The molecule has 212 valence electrons. The molecule has 0 unspecified atom stereocenters. The molecule has 0 atom stereocenters. The van der Waals surface area contributed by atoms with Crippen molar-refractivity contribution < 1.29 is 18.7 Å². The van der Waals surface area contributed by atoms with E-state index in [1.807, 2.05) is 26.0 Å². The highest BCUT2D eigenvalue weighted by atomic mass is 32.1. The molecule has 0 aliphatic heterocycles. The number of nitrogen functional groups attached to an aromatic ring is 1. The van der Waals surface area contributed by atoms with E-state index in [9.17, 15) is 9.59 Å². The Labute approximate surface area is 245 Å². The summed E-state index contributed by atoms with van der Waals surface area (Å²) in [6.07, 6.45) is 4.16. The van der Waals surface area contributed by atoms with Crippen LogP contribution < -0.4 is 21.1 Å². The van der Waals surface area contributed by atoms with Gasteiger partial charge in [-0.25, -0.2) is 19.3 Å². The number of pyridine rings is 1. The normalized spacial score (nSPS) is 10.9. The molecule has 42 heavy (non-hydrogen) atoms. The van der Waals surface area contributed by atoms with E-state index in [1.54, 1.807) is 19.1 Å². The van der Waals surface area contributed by atoms with Gasteiger partial charge in [-0.05, 0) is 67.3 Å². The number of hydrogen-bond acceptors (Lipinski definition) is 8. The number of amides is 2. The summed E-state index contributed by atoms with van der Waals surface area (Å²) in [4.78, 5) is 38.3. The molecule has 0 aliphatic carbocycles. The molecule has 11 heteroatoms. The average Bonchev–Trinajstić information content (AvgIpc) is 3.37. The summed E-state index contributed by atoms with van der Waals surface area (Å²) in [7, 11) is 1.53. The van der Waals surface area contributed by atoms with Crippen LogP contribution in [0.3, 0.4) is 0 Å². The van der Waals surface area contributed by atoms with E-state index in [0.717, 1.165) is 21.6 Å². The summed E-state index contributed by atoms with van der Waals surface area (Å²) in [6.45, 7) is 9.10. The third-order valence-electron chi connectivity index (χ3n) is 6.76. The number of halogens is 1. The molecular weight excluding hydrogens is 555 g/mol. The van der Waals surface area contributed by atoms with E-state index in [0.29, 0.717) is 38.2 Å². The zero-order valence-corrected chi connectivity index (χ0v) is 24.1. The molecule has 0 saturated heterocycles. The Bertz CT molecular complexity index is 1900. The predicted octanol–water partition coefficient (Wildman–Crippen LogP) is 6.34. The second-order valence-electron chi connectivity index (χ2n) is 9.50. The van der Waals surface area contributed by atoms with Crippen LogP contribution >= 0.6 is 11.3 Å². The Morgan fingerprint density at radius 3 is 2.60 bits per heavy atom. The topological polar surface area (TPSA) is 132 Å². The number of anilines is 2. The number of carbonyl (C=O) groups excluding carboxylic acids is 2. The van der Waals surface area contributed by atoms with Crippen LogP contribution in [0.1, 0.15) is 27.2 Å². The molecular formula is C31H27FN6O3S. The smallest absolute Gasteiger partial charge is 0.322 e. The number of carbonyl (C=O) groups is 2. The van der Waals surface area contributed by atoms with Crippen LogP contribution in [0, 0.1) is 26.6 Å². The summed E-state index contributed by atoms with van der Waals surface area (Å²) in [5.41, 5.74) is 11.6. The number of nitrogens with one attached hydrogen (secondary N) is 2.